The van der Waals surface area contributed by atoms with Gasteiger partial charge in [-0.3, -0.25) is 4.68 Å². The Kier molecular flexibility index (Phi) is 3.93. The van der Waals surface area contributed by atoms with Gasteiger partial charge in [0.15, 0.2) is 0 Å². The zero-order valence-corrected chi connectivity index (χ0v) is 16.3. The lowest BCUT2D eigenvalue weighted by molar-refractivity contribution is 0.766. The maximum atomic E-state index is 5.02. The molecule has 0 amide bonds. The van der Waals surface area contributed by atoms with Crippen molar-refractivity contribution >= 4 is 27.4 Å². The maximum absolute atomic E-state index is 5.02. The predicted octanol–water partition coefficient (Wildman–Crippen LogP) is 4.61. The van der Waals surface area contributed by atoms with E-state index in [4.69, 9.17) is 9.97 Å². The minimum atomic E-state index is 0.530. The highest BCUT2D eigenvalue weighted by Gasteiger charge is 2.29. The van der Waals surface area contributed by atoms with E-state index in [0.717, 1.165) is 28.4 Å². The first-order chi connectivity index (χ1) is 13.2. The van der Waals surface area contributed by atoms with Gasteiger partial charge in [-0.05, 0) is 18.4 Å². The van der Waals surface area contributed by atoms with Gasteiger partial charge in [0.05, 0.1) is 11.6 Å². The van der Waals surface area contributed by atoms with Crippen molar-refractivity contribution in [2.75, 3.05) is 11.9 Å². The number of hydrogen-bond donors (Lipinski definition) is 0. The summed E-state index contributed by atoms with van der Waals surface area (Å²) in [7, 11) is 4.06. The van der Waals surface area contributed by atoms with Crippen LogP contribution >= 0.6 is 11.3 Å². The molecule has 5 nitrogen and oxygen atoms in total. The molecule has 1 aliphatic rings. The summed E-state index contributed by atoms with van der Waals surface area (Å²) in [6.07, 6.45) is 6.38. The Balaban J connectivity index is 1.64. The van der Waals surface area contributed by atoms with Crippen molar-refractivity contribution in [2.24, 2.45) is 7.05 Å². The van der Waals surface area contributed by atoms with Gasteiger partial charge in [0.2, 0.25) is 0 Å². The van der Waals surface area contributed by atoms with Crippen LogP contribution in [0.25, 0.3) is 21.3 Å². The molecule has 27 heavy (non-hydrogen) atoms. The molecule has 5 rings (SSSR count). The van der Waals surface area contributed by atoms with Crippen LogP contribution < -0.4 is 4.90 Å². The molecule has 0 aliphatic heterocycles. The smallest absolute Gasteiger partial charge is 0.141 e. The van der Waals surface area contributed by atoms with E-state index in [2.05, 4.69) is 59.0 Å². The fraction of sp³-hybridized carbons (Fsp3) is 0.286. The minimum Gasteiger partial charge on any atom is -0.355 e. The number of rotatable bonds is 5. The molecule has 0 unspecified atom stereocenters. The second kappa shape index (κ2) is 6.46. The first-order valence-electron chi connectivity index (χ1n) is 9.22. The molecule has 0 radical (unpaired) electrons. The Bertz CT molecular complexity index is 1090. The first-order valence-corrected chi connectivity index (χ1v) is 10.1. The number of benzene rings is 1. The summed E-state index contributed by atoms with van der Waals surface area (Å²) in [5.74, 6) is 2.55. The van der Waals surface area contributed by atoms with Gasteiger partial charge < -0.3 is 4.90 Å². The van der Waals surface area contributed by atoms with Gasteiger partial charge in [0.25, 0.3) is 0 Å². The van der Waals surface area contributed by atoms with Crippen LogP contribution in [-0.4, -0.2) is 26.8 Å². The third kappa shape index (κ3) is 3.10. The maximum Gasteiger partial charge on any atom is 0.141 e. The topological polar surface area (TPSA) is 46.8 Å². The molecule has 0 atom stereocenters. The van der Waals surface area contributed by atoms with Crippen LogP contribution in [-0.2, 0) is 13.6 Å². The summed E-state index contributed by atoms with van der Waals surface area (Å²) in [5.41, 5.74) is 3.60. The van der Waals surface area contributed by atoms with Crippen LogP contribution in [0.2, 0.25) is 0 Å². The summed E-state index contributed by atoms with van der Waals surface area (Å²) in [4.78, 5) is 13.2. The molecule has 136 valence electrons. The van der Waals surface area contributed by atoms with Gasteiger partial charge in [-0.1, -0.05) is 30.3 Å². The highest BCUT2D eigenvalue weighted by atomic mass is 32.1. The summed E-state index contributed by atoms with van der Waals surface area (Å²) < 4.78 is 1.84. The van der Waals surface area contributed by atoms with E-state index in [0.29, 0.717) is 5.92 Å². The molecule has 4 aromatic rings. The van der Waals surface area contributed by atoms with Crippen molar-refractivity contribution in [3.8, 4) is 11.1 Å². The van der Waals surface area contributed by atoms with Gasteiger partial charge in [0.1, 0.15) is 16.5 Å². The van der Waals surface area contributed by atoms with E-state index in [9.17, 15) is 0 Å². The lowest BCUT2D eigenvalue weighted by atomic mass is 10.1. The molecule has 6 heteroatoms. The molecule has 1 saturated carbocycles. The third-order valence-electron chi connectivity index (χ3n) is 5.00. The third-order valence-corrected chi connectivity index (χ3v) is 5.87. The minimum absolute atomic E-state index is 0.530. The quantitative estimate of drug-likeness (QED) is 0.511. The van der Waals surface area contributed by atoms with Crippen molar-refractivity contribution in [1.29, 1.82) is 0 Å². The van der Waals surface area contributed by atoms with Crippen LogP contribution in [0.4, 0.5) is 5.82 Å². The van der Waals surface area contributed by atoms with Crippen molar-refractivity contribution in [1.82, 2.24) is 19.7 Å². The van der Waals surface area contributed by atoms with E-state index in [1.54, 1.807) is 11.3 Å². The molecule has 0 spiro atoms. The molecule has 0 bridgehead atoms. The number of nitrogens with zero attached hydrogens (tertiary/aromatic N) is 5. The Labute approximate surface area is 162 Å². The van der Waals surface area contributed by atoms with E-state index in [1.165, 1.54) is 29.5 Å². The predicted molar refractivity (Wildman–Crippen MR) is 110 cm³/mol. The summed E-state index contributed by atoms with van der Waals surface area (Å²) in [5, 5.41) is 7.67. The second-order valence-corrected chi connectivity index (χ2v) is 8.11. The number of fused-ring (bicyclic) bond motifs is 1. The second-order valence-electron chi connectivity index (χ2n) is 7.25. The standard InChI is InChI=1S/C21H21N5S/c1-25(11-14-10-22-26(2)12-14)20-18-17(15-6-4-3-5-7-15)13-27-21(18)24-19(23-20)16-8-9-16/h3-7,10,12-13,16H,8-9,11H2,1-2H3. The fourth-order valence-corrected chi connectivity index (χ4v) is 4.42. The fourth-order valence-electron chi connectivity index (χ4n) is 3.47. The highest BCUT2D eigenvalue weighted by Crippen LogP contribution is 2.43. The van der Waals surface area contributed by atoms with E-state index in [1.807, 2.05) is 17.9 Å². The number of thiophene rings is 1. The Hall–Kier alpha value is -2.73. The largest absolute Gasteiger partial charge is 0.355 e. The van der Waals surface area contributed by atoms with Gasteiger partial charge in [0, 0.05) is 49.3 Å². The molecule has 1 aliphatic carbocycles. The van der Waals surface area contributed by atoms with Crippen molar-refractivity contribution in [3.05, 3.63) is 59.5 Å². The zero-order valence-electron chi connectivity index (χ0n) is 15.5. The number of hydrogen-bond acceptors (Lipinski definition) is 5. The molecule has 3 heterocycles. The lowest BCUT2D eigenvalue weighted by Crippen LogP contribution is -2.18. The van der Waals surface area contributed by atoms with Crippen LogP contribution in [0.15, 0.2) is 48.1 Å². The van der Waals surface area contributed by atoms with Crippen LogP contribution in [0, 0.1) is 0 Å². The zero-order chi connectivity index (χ0) is 18.4. The number of aromatic nitrogens is 4. The summed E-state index contributed by atoms with van der Waals surface area (Å²) in [6, 6.07) is 10.5. The normalized spacial score (nSPS) is 14.0. The average Bonchev–Trinajstić information content (AvgIpc) is 3.33. The summed E-state index contributed by atoms with van der Waals surface area (Å²) in [6.45, 7) is 0.772. The van der Waals surface area contributed by atoms with Crippen LogP contribution in [0.1, 0.15) is 30.1 Å². The Morgan fingerprint density at radius 3 is 2.70 bits per heavy atom. The Morgan fingerprint density at radius 2 is 2.00 bits per heavy atom. The molecular formula is C21H21N5S. The monoisotopic (exact) mass is 375 g/mol. The Morgan fingerprint density at radius 1 is 1.19 bits per heavy atom. The first kappa shape index (κ1) is 16.4. The van der Waals surface area contributed by atoms with E-state index >= 15 is 0 Å². The van der Waals surface area contributed by atoms with E-state index < -0.39 is 0 Å². The SMILES string of the molecule is CN(Cc1cnn(C)c1)c1nc(C2CC2)nc2scc(-c3ccccc3)c12. The number of aryl methyl sites for hydroxylation is 1. The van der Waals surface area contributed by atoms with Crippen molar-refractivity contribution in [2.45, 2.75) is 25.3 Å². The van der Waals surface area contributed by atoms with E-state index in [-0.39, 0.29) is 0 Å². The van der Waals surface area contributed by atoms with Gasteiger partial charge in [-0.25, -0.2) is 9.97 Å². The van der Waals surface area contributed by atoms with Crippen LogP contribution in [0.3, 0.4) is 0 Å². The highest BCUT2D eigenvalue weighted by molar-refractivity contribution is 7.17. The molecule has 1 aromatic carbocycles. The molecule has 3 aromatic heterocycles. The molecular weight excluding hydrogens is 354 g/mol. The summed E-state index contributed by atoms with van der Waals surface area (Å²) >= 11 is 1.72. The average molecular weight is 376 g/mol. The van der Waals surface area contributed by atoms with Gasteiger partial charge in [-0.15, -0.1) is 11.3 Å². The number of anilines is 1. The van der Waals surface area contributed by atoms with Crippen LogP contribution in [0.5, 0.6) is 0 Å². The van der Waals surface area contributed by atoms with Crippen molar-refractivity contribution in [3.63, 3.8) is 0 Å². The molecule has 0 N–H and O–H groups in total. The van der Waals surface area contributed by atoms with Gasteiger partial charge >= 0.3 is 0 Å². The molecule has 0 saturated heterocycles. The van der Waals surface area contributed by atoms with Gasteiger partial charge in [-0.2, -0.15) is 5.10 Å². The lowest BCUT2D eigenvalue weighted by Gasteiger charge is -2.20. The van der Waals surface area contributed by atoms with Crippen molar-refractivity contribution < 1.29 is 0 Å². The molecule has 1 fully saturated rings.